The summed E-state index contributed by atoms with van der Waals surface area (Å²) in [6.07, 6.45) is 3.61. The van der Waals surface area contributed by atoms with E-state index in [-0.39, 0.29) is 6.10 Å². The van der Waals surface area contributed by atoms with Gasteiger partial charge in [0.25, 0.3) is 0 Å². The van der Waals surface area contributed by atoms with Crippen LogP contribution < -0.4 is 5.73 Å². The summed E-state index contributed by atoms with van der Waals surface area (Å²) in [4.78, 5) is 4.71. The maximum atomic E-state index is 5.82. The zero-order chi connectivity index (χ0) is 12.5. The molecular formula is C14H19N3O. The Balaban J connectivity index is 2.04. The first-order valence-electron chi connectivity index (χ1n) is 6.56. The van der Waals surface area contributed by atoms with Gasteiger partial charge in [0.1, 0.15) is 11.9 Å². The lowest BCUT2D eigenvalue weighted by Gasteiger charge is -2.21. The van der Waals surface area contributed by atoms with Crippen LogP contribution in [0.5, 0.6) is 0 Å². The number of nitrogens with two attached hydrogens (primary N) is 1. The van der Waals surface area contributed by atoms with Crippen LogP contribution in [0.3, 0.4) is 0 Å². The summed E-state index contributed by atoms with van der Waals surface area (Å²) in [7, 11) is 2.06. The predicted molar refractivity (Wildman–Crippen MR) is 71.1 cm³/mol. The van der Waals surface area contributed by atoms with Crippen molar-refractivity contribution in [3.8, 4) is 0 Å². The molecule has 0 aliphatic carbocycles. The highest BCUT2D eigenvalue weighted by molar-refractivity contribution is 5.77. The van der Waals surface area contributed by atoms with Crippen molar-refractivity contribution in [1.82, 2.24) is 9.55 Å². The zero-order valence-corrected chi connectivity index (χ0v) is 10.7. The molecule has 1 aliphatic rings. The van der Waals surface area contributed by atoms with Crippen molar-refractivity contribution in [2.24, 2.45) is 12.8 Å². The van der Waals surface area contributed by atoms with Gasteiger partial charge < -0.3 is 15.0 Å². The molecule has 0 radical (unpaired) electrons. The quantitative estimate of drug-likeness (QED) is 0.883. The summed E-state index contributed by atoms with van der Waals surface area (Å²) >= 11 is 0. The molecule has 1 unspecified atom stereocenters. The van der Waals surface area contributed by atoms with E-state index >= 15 is 0 Å². The number of nitrogens with zero attached hydrogens (tertiary/aromatic N) is 2. The molecule has 0 spiro atoms. The average Bonchev–Trinajstić information content (AvgIpc) is 2.77. The fraction of sp³-hybridized carbons (Fsp3) is 0.500. The van der Waals surface area contributed by atoms with Gasteiger partial charge >= 0.3 is 0 Å². The van der Waals surface area contributed by atoms with Gasteiger partial charge in [0.05, 0.1) is 11.0 Å². The Hall–Kier alpha value is -1.39. The normalized spacial score (nSPS) is 20.4. The number of hydrogen-bond acceptors (Lipinski definition) is 3. The Bertz CT molecular complexity index is 555. The van der Waals surface area contributed by atoms with Crippen molar-refractivity contribution in [2.45, 2.75) is 31.9 Å². The molecule has 2 N–H and O–H groups in total. The fourth-order valence-corrected chi connectivity index (χ4v) is 2.61. The van der Waals surface area contributed by atoms with Crippen molar-refractivity contribution in [1.29, 1.82) is 0 Å². The SMILES string of the molecule is Cn1c(C2CCCCO2)nc2ccc(CN)cc21. The third-order valence-corrected chi connectivity index (χ3v) is 3.68. The molecule has 96 valence electrons. The molecule has 4 nitrogen and oxygen atoms in total. The van der Waals surface area contributed by atoms with Crippen LogP contribution >= 0.6 is 0 Å². The van der Waals surface area contributed by atoms with Crippen LogP contribution in [0.2, 0.25) is 0 Å². The minimum Gasteiger partial charge on any atom is -0.370 e. The molecule has 2 heterocycles. The first-order chi connectivity index (χ1) is 8.79. The van der Waals surface area contributed by atoms with Crippen LogP contribution in [0.25, 0.3) is 11.0 Å². The number of fused-ring (bicyclic) bond motifs is 1. The molecular weight excluding hydrogens is 226 g/mol. The maximum Gasteiger partial charge on any atom is 0.138 e. The standard InChI is InChI=1S/C14H19N3O/c1-17-12-8-10(9-15)5-6-11(12)16-14(17)13-4-2-3-7-18-13/h5-6,8,13H,2-4,7,9,15H2,1H3. The summed E-state index contributed by atoms with van der Waals surface area (Å²) in [6.45, 7) is 1.41. The highest BCUT2D eigenvalue weighted by Gasteiger charge is 2.21. The minimum atomic E-state index is 0.150. The van der Waals surface area contributed by atoms with E-state index in [4.69, 9.17) is 15.5 Å². The van der Waals surface area contributed by atoms with Gasteiger partial charge in [-0.15, -0.1) is 0 Å². The van der Waals surface area contributed by atoms with E-state index in [1.807, 2.05) is 12.1 Å². The molecule has 1 aliphatic heterocycles. The van der Waals surface area contributed by atoms with Gasteiger partial charge in [-0.2, -0.15) is 0 Å². The molecule has 1 fully saturated rings. The smallest absolute Gasteiger partial charge is 0.138 e. The van der Waals surface area contributed by atoms with Crippen molar-refractivity contribution < 1.29 is 4.74 Å². The first-order valence-corrected chi connectivity index (χ1v) is 6.56. The lowest BCUT2D eigenvalue weighted by molar-refractivity contribution is 0.00817. The number of ether oxygens (including phenoxy) is 1. The van der Waals surface area contributed by atoms with Crippen molar-refractivity contribution in [3.05, 3.63) is 29.6 Å². The third kappa shape index (κ3) is 1.91. The topological polar surface area (TPSA) is 53.1 Å². The van der Waals surface area contributed by atoms with Gasteiger partial charge in [-0.05, 0) is 37.0 Å². The average molecular weight is 245 g/mol. The zero-order valence-electron chi connectivity index (χ0n) is 10.7. The number of aromatic nitrogens is 2. The van der Waals surface area contributed by atoms with E-state index in [0.717, 1.165) is 41.9 Å². The van der Waals surface area contributed by atoms with Crippen LogP contribution in [0.4, 0.5) is 0 Å². The maximum absolute atomic E-state index is 5.82. The Morgan fingerprint density at radius 3 is 3.06 bits per heavy atom. The van der Waals surface area contributed by atoms with Gasteiger partial charge in [-0.3, -0.25) is 0 Å². The molecule has 2 aromatic rings. The van der Waals surface area contributed by atoms with E-state index in [1.165, 1.54) is 6.42 Å². The summed E-state index contributed by atoms with van der Waals surface area (Å²) in [5, 5.41) is 0. The largest absolute Gasteiger partial charge is 0.370 e. The second-order valence-corrected chi connectivity index (χ2v) is 4.91. The highest BCUT2D eigenvalue weighted by atomic mass is 16.5. The number of hydrogen-bond donors (Lipinski definition) is 1. The van der Waals surface area contributed by atoms with Crippen LogP contribution in [-0.2, 0) is 18.3 Å². The summed E-state index contributed by atoms with van der Waals surface area (Å²) in [5.74, 6) is 1.04. The third-order valence-electron chi connectivity index (χ3n) is 3.68. The van der Waals surface area contributed by atoms with E-state index in [2.05, 4.69) is 17.7 Å². The number of imidazole rings is 1. The second kappa shape index (κ2) is 4.71. The van der Waals surface area contributed by atoms with Gasteiger partial charge in [0.15, 0.2) is 0 Å². The molecule has 3 rings (SSSR count). The van der Waals surface area contributed by atoms with Crippen molar-refractivity contribution >= 4 is 11.0 Å². The number of aryl methyl sites for hydroxylation is 1. The Morgan fingerprint density at radius 2 is 2.33 bits per heavy atom. The molecule has 1 saturated heterocycles. The van der Waals surface area contributed by atoms with E-state index in [1.54, 1.807) is 0 Å². The van der Waals surface area contributed by atoms with Crippen LogP contribution in [0, 0.1) is 0 Å². The molecule has 0 bridgehead atoms. The second-order valence-electron chi connectivity index (χ2n) is 4.91. The predicted octanol–water partition coefficient (Wildman–Crippen LogP) is 2.27. The van der Waals surface area contributed by atoms with Gasteiger partial charge in [0, 0.05) is 20.2 Å². The molecule has 4 heteroatoms. The summed E-state index contributed by atoms with van der Waals surface area (Å²) in [6, 6.07) is 6.21. The molecule has 0 amide bonds. The van der Waals surface area contributed by atoms with Gasteiger partial charge in [-0.1, -0.05) is 6.07 Å². The Labute approximate surface area is 107 Å². The summed E-state index contributed by atoms with van der Waals surface area (Å²) in [5.41, 5.74) is 8.99. The number of benzene rings is 1. The lowest BCUT2D eigenvalue weighted by atomic mass is 10.1. The van der Waals surface area contributed by atoms with E-state index < -0.39 is 0 Å². The van der Waals surface area contributed by atoms with Crippen molar-refractivity contribution in [2.75, 3.05) is 6.61 Å². The van der Waals surface area contributed by atoms with Gasteiger partial charge in [-0.25, -0.2) is 4.98 Å². The number of rotatable bonds is 2. The lowest BCUT2D eigenvalue weighted by Crippen LogP contribution is -2.15. The molecule has 1 atom stereocenters. The van der Waals surface area contributed by atoms with E-state index in [9.17, 15) is 0 Å². The Morgan fingerprint density at radius 1 is 1.44 bits per heavy atom. The van der Waals surface area contributed by atoms with Gasteiger partial charge in [0.2, 0.25) is 0 Å². The molecule has 18 heavy (non-hydrogen) atoms. The monoisotopic (exact) mass is 245 g/mol. The summed E-state index contributed by atoms with van der Waals surface area (Å²) < 4.78 is 7.97. The van der Waals surface area contributed by atoms with Crippen LogP contribution in [-0.4, -0.2) is 16.2 Å². The first kappa shape index (κ1) is 11.7. The van der Waals surface area contributed by atoms with Crippen LogP contribution in [0.15, 0.2) is 18.2 Å². The van der Waals surface area contributed by atoms with Crippen molar-refractivity contribution in [3.63, 3.8) is 0 Å². The van der Waals surface area contributed by atoms with E-state index in [0.29, 0.717) is 6.54 Å². The highest BCUT2D eigenvalue weighted by Crippen LogP contribution is 2.29. The molecule has 1 aromatic carbocycles. The fourth-order valence-electron chi connectivity index (χ4n) is 2.61. The molecule has 1 aromatic heterocycles. The molecule has 0 saturated carbocycles. The van der Waals surface area contributed by atoms with Crippen LogP contribution in [0.1, 0.15) is 36.8 Å². The minimum absolute atomic E-state index is 0.150. The Kier molecular flexibility index (Phi) is 3.06.